The van der Waals surface area contributed by atoms with Gasteiger partial charge in [0.25, 0.3) is 0 Å². The first kappa shape index (κ1) is 21.7. The number of hydrogen-bond acceptors (Lipinski definition) is 5. The van der Waals surface area contributed by atoms with Gasteiger partial charge in [-0.05, 0) is 31.4 Å². The summed E-state index contributed by atoms with van der Waals surface area (Å²) in [5.74, 6) is -0.877. The van der Waals surface area contributed by atoms with Crippen LogP contribution in [0.5, 0.6) is 0 Å². The van der Waals surface area contributed by atoms with E-state index in [2.05, 4.69) is 18.0 Å². The van der Waals surface area contributed by atoms with Gasteiger partial charge in [0.1, 0.15) is 5.92 Å². The normalized spacial score (nSPS) is 18.5. The fourth-order valence-corrected chi connectivity index (χ4v) is 4.74. The molecule has 1 unspecified atom stereocenters. The van der Waals surface area contributed by atoms with E-state index in [0.29, 0.717) is 21.9 Å². The van der Waals surface area contributed by atoms with Crippen molar-refractivity contribution >= 4 is 28.4 Å². The lowest BCUT2D eigenvalue weighted by Crippen LogP contribution is -2.28. The van der Waals surface area contributed by atoms with Gasteiger partial charge in [0.05, 0.1) is 16.9 Å². The Morgan fingerprint density at radius 3 is 2.33 bits per heavy atom. The minimum Gasteiger partial charge on any atom is -0.295 e. The van der Waals surface area contributed by atoms with Crippen LogP contribution in [-0.2, 0) is 11.2 Å². The highest BCUT2D eigenvalue weighted by atomic mass is 32.2. The topological polar surface area (TPSA) is 70.3 Å². The summed E-state index contributed by atoms with van der Waals surface area (Å²) in [6.45, 7) is 5.41. The van der Waals surface area contributed by atoms with Crippen molar-refractivity contribution in [3.8, 4) is 6.07 Å². The number of allylic oxidation sites excluding steroid dienone is 2. The van der Waals surface area contributed by atoms with Gasteiger partial charge in [-0.1, -0.05) is 61.5 Å². The van der Waals surface area contributed by atoms with Gasteiger partial charge < -0.3 is 0 Å². The van der Waals surface area contributed by atoms with Crippen molar-refractivity contribution in [1.82, 2.24) is 0 Å². The molecule has 152 valence electrons. The number of ketones is 2. The average Bonchev–Trinajstić information content (AvgIpc) is 2.77. The number of nitriles is 1. The molecular formula is C25H24N2O2S. The molecule has 5 heteroatoms. The molecule has 2 aromatic carbocycles. The Balaban J connectivity index is 1.93. The Bertz CT molecular complexity index is 1050. The molecule has 0 amide bonds. The molecule has 0 saturated carbocycles. The molecule has 3 rings (SSSR count). The van der Waals surface area contributed by atoms with E-state index in [1.807, 2.05) is 42.5 Å². The van der Waals surface area contributed by atoms with E-state index in [-0.39, 0.29) is 23.2 Å². The number of aryl methyl sites for hydroxylation is 1. The van der Waals surface area contributed by atoms with Crippen molar-refractivity contribution in [2.24, 2.45) is 10.9 Å². The van der Waals surface area contributed by atoms with Crippen molar-refractivity contribution in [3.63, 3.8) is 0 Å². The predicted molar refractivity (Wildman–Crippen MR) is 122 cm³/mol. The fraction of sp³-hybridized carbons (Fsp3) is 0.280. The third kappa shape index (κ3) is 4.60. The molecule has 0 saturated heterocycles. The molecule has 1 aliphatic heterocycles. The minimum atomic E-state index is -0.603. The Hall–Kier alpha value is -2.97. The molecule has 0 radical (unpaired) electrons. The molecule has 1 heterocycles. The molecule has 0 fully saturated rings. The average molecular weight is 417 g/mol. The fourth-order valence-electron chi connectivity index (χ4n) is 3.72. The quantitative estimate of drug-likeness (QED) is 0.594. The number of aliphatic imine (C=N–C) groups is 1. The van der Waals surface area contributed by atoms with Gasteiger partial charge in [0.2, 0.25) is 0 Å². The molecule has 30 heavy (non-hydrogen) atoms. The number of benzene rings is 2. The highest BCUT2D eigenvalue weighted by Gasteiger charge is 2.37. The van der Waals surface area contributed by atoms with Crippen LogP contribution >= 0.6 is 11.8 Å². The van der Waals surface area contributed by atoms with Crippen LogP contribution in [0, 0.1) is 17.2 Å². The molecule has 4 nitrogen and oxygen atoms in total. The van der Waals surface area contributed by atoms with E-state index in [1.165, 1.54) is 24.2 Å². The van der Waals surface area contributed by atoms with E-state index in [1.54, 1.807) is 19.1 Å². The van der Waals surface area contributed by atoms with Crippen LogP contribution in [0.3, 0.4) is 0 Å². The lowest BCUT2D eigenvalue weighted by atomic mass is 9.77. The van der Waals surface area contributed by atoms with Crippen molar-refractivity contribution in [2.75, 3.05) is 5.75 Å². The lowest BCUT2D eigenvalue weighted by molar-refractivity contribution is -0.114. The number of thioether (sulfide) groups is 1. The van der Waals surface area contributed by atoms with Crippen LogP contribution in [0.4, 0.5) is 0 Å². The van der Waals surface area contributed by atoms with Crippen molar-refractivity contribution in [2.45, 2.75) is 33.1 Å². The van der Waals surface area contributed by atoms with Crippen molar-refractivity contribution in [1.29, 1.82) is 5.26 Å². The SMILES string of the molecule is CCc1ccc([C@H]2C(C(C)=O)=C(C)N=C(SCC(=O)c3ccccc3)C2C#N)cc1. The highest BCUT2D eigenvalue weighted by molar-refractivity contribution is 8.14. The molecule has 0 aliphatic carbocycles. The van der Waals surface area contributed by atoms with E-state index >= 15 is 0 Å². The Morgan fingerprint density at radius 1 is 1.10 bits per heavy atom. The van der Waals surface area contributed by atoms with Gasteiger partial charge >= 0.3 is 0 Å². The van der Waals surface area contributed by atoms with Crippen LogP contribution in [0.2, 0.25) is 0 Å². The first-order valence-corrected chi connectivity index (χ1v) is 10.9. The maximum absolute atomic E-state index is 12.5. The molecule has 0 N–H and O–H groups in total. The number of nitrogens with zero attached hydrogens (tertiary/aromatic N) is 2. The minimum absolute atomic E-state index is 0.0113. The van der Waals surface area contributed by atoms with Gasteiger partial charge in [0, 0.05) is 22.8 Å². The van der Waals surface area contributed by atoms with Gasteiger partial charge in [-0.15, -0.1) is 11.8 Å². The molecular weight excluding hydrogens is 392 g/mol. The van der Waals surface area contributed by atoms with Gasteiger partial charge in [0.15, 0.2) is 11.6 Å². The van der Waals surface area contributed by atoms with Gasteiger partial charge in [-0.25, -0.2) is 4.99 Å². The summed E-state index contributed by atoms with van der Waals surface area (Å²) in [5, 5.41) is 10.6. The van der Waals surface area contributed by atoms with E-state index in [9.17, 15) is 14.9 Å². The summed E-state index contributed by atoms with van der Waals surface area (Å²) < 4.78 is 0. The van der Waals surface area contributed by atoms with Crippen LogP contribution < -0.4 is 0 Å². The second-order valence-electron chi connectivity index (χ2n) is 7.26. The Morgan fingerprint density at radius 2 is 1.77 bits per heavy atom. The summed E-state index contributed by atoms with van der Waals surface area (Å²) in [7, 11) is 0. The summed E-state index contributed by atoms with van der Waals surface area (Å²) in [6.07, 6.45) is 0.922. The van der Waals surface area contributed by atoms with Crippen molar-refractivity contribution < 1.29 is 9.59 Å². The van der Waals surface area contributed by atoms with E-state index < -0.39 is 5.92 Å². The van der Waals surface area contributed by atoms with E-state index in [4.69, 9.17) is 0 Å². The third-order valence-electron chi connectivity index (χ3n) is 5.29. The van der Waals surface area contributed by atoms with Gasteiger partial charge in [-0.3, -0.25) is 9.59 Å². The molecule has 2 atom stereocenters. The Labute approximate surface area is 181 Å². The predicted octanol–water partition coefficient (Wildman–Crippen LogP) is 5.36. The van der Waals surface area contributed by atoms with Crippen LogP contribution in [0.15, 0.2) is 70.9 Å². The monoisotopic (exact) mass is 416 g/mol. The zero-order chi connectivity index (χ0) is 21.7. The highest BCUT2D eigenvalue weighted by Crippen LogP contribution is 2.41. The smallest absolute Gasteiger partial charge is 0.173 e. The van der Waals surface area contributed by atoms with Crippen LogP contribution in [0.25, 0.3) is 0 Å². The lowest BCUT2D eigenvalue weighted by Gasteiger charge is -2.30. The van der Waals surface area contributed by atoms with Crippen LogP contribution in [0.1, 0.15) is 48.2 Å². The summed E-state index contributed by atoms with van der Waals surface area (Å²) in [4.78, 5) is 29.5. The maximum atomic E-state index is 12.5. The van der Waals surface area contributed by atoms with Gasteiger partial charge in [-0.2, -0.15) is 5.26 Å². The maximum Gasteiger partial charge on any atom is 0.173 e. The zero-order valence-corrected chi connectivity index (χ0v) is 18.2. The second kappa shape index (κ2) is 9.69. The summed E-state index contributed by atoms with van der Waals surface area (Å²) in [6, 6.07) is 19.5. The number of hydrogen-bond donors (Lipinski definition) is 0. The molecule has 0 aromatic heterocycles. The summed E-state index contributed by atoms with van der Waals surface area (Å²) in [5.41, 5.74) is 3.95. The first-order chi connectivity index (χ1) is 14.5. The molecule has 0 bridgehead atoms. The third-order valence-corrected chi connectivity index (χ3v) is 6.34. The number of rotatable bonds is 6. The number of Topliss-reactive ketones (excluding diaryl/α,β-unsaturated/α-hetero) is 2. The first-order valence-electron chi connectivity index (χ1n) is 9.96. The molecule has 0 spiro atoms. The van der Waals surface area contributed by atoms with E-state index in [0.717, 1.165) is 12.0 Å². The molecule has 1 aliphatic rings. The number of carbonyl (C=O) groups excluding carboxylic acids is 2. The standard InChI is InChI=1S/C25H24N2O2S/c1-4-18-10-12-20(13-11-18)24-21(14-26)25(27-16(2)23(24)17(3)28)30-15-22(29)19-8-6-5-7-9-19/h5-13,21,24H,4,15H2,1-3H3/t21?,24-/m1/s1. The second-order valence-corrected chi connectivity index (χ2v) is 8.26. The summed E-state index contributed by atoms with van der Waals surface area (Å²) >= 11 is 1.29. The zero-order valence-electron chi connectivity index (χ0n) is 17.4. The molecule has 2 aromatic rings. The Kier molecular flexibility index (Phi) is 7.02. The number of carbonyl (C=O) groups is 2. The largest absolute Gasteiger partial charge is 0.295 e. The van der Waals surface area contributed by atoms with Crippen LogP contribution in [-0.4, -0.2) is 22.4 Å². The van der Waals surface area contributed by atoms with Crippen molar-refractivity contribution in [3.05, 3.63) is 82.6 Å².